The third-order valence-corrected chi connectivity index (χ3v) is 8.79. The molecule has 8 nitrogen and oxygen atoms in total. The molecule has 4 rings (SSSR count). The molecular formula is C29H42N2O6S. The summed E-state index contributed by atoms with van der Waals surface area (Å²) >= 11 is 1.15. The fraction of sp³-hybridized carbons (Fsp3) is 0.724. The standard InChI is InChI=1S/C29H42N2O6S/c1-19-5-7-20(8-6-19)26(32)31(24-17-23(9-13-29(2,3)4)38-25(24)27(33)34)21-10-14-30(18-21)28(35)37-22-11-15-36-16-12-22/h17,19-22,26,32H,5-8,10-12,14-16,18H2,1-4H3,(H,33,34)/t19?,20?,21-,26?/m0/s1. The molecule has 38 heavy (non-hydrogen) atoms. The van der Waals surface area contributed by atoms with Crippen LogP contribution in [0.4, 0.5) is 10.5 Å². The Balaban J connectivity index is 1.60. The number of carbonyl (C=O) groups excluding carboxylic acids is 1. The molecule has 3 fully saturated rings. The van der Waals surface area contributed by atoms with Crippen LogP contribution in [0.1, 0.15) is 87.2 Å². The number of hydrogen-bond acceptors (Lipinski definition) is 7. The van der Waals surface area contributed by atoms with Crippen LogP contribution in [0.3, 0.4) is 0 Å². The van der Waals surface area contributed by atoms with Crippen molar-refractivity contribution < 1.29 is 29.3 Å². The average Bonchev–Trinajstić information content (AvgIpc) is 3.52. The maximum atomic E-state index is 13.0. The summed E-state index contributed by atoms with van der Waals surface area (Å²) in [5.74, 6) is 5.98. The van der Waals surface area contributed by atoms with Crippen molar-refractivity contribution >= 4 is 29.1 Å². The van der Waals surface area contributed by atoms with Crippen molar-refractivity contribution in [3.8, 4) is 11.8 Å². The van der Waals surface area contributed by atoms with Gasteiger partial charge in [0.25, 0.3) is 0 Å². The Kier molecular flexibility index (Phi) is 9.27. The monoisotopic (exact) mass is 546 g/mol. The van der Waals surface area contributed by atoms with Crippen molar-refractivity contribution in [2.24, 2.45) is 17.3 Å². The average molecular weight is 547 g/mol. The van der Waals surface area contributed by atoms with Crippen molar-refractivity contribution in [1.29, 1.82) is 0 Å². The number of aliphatic hydroxyl groups excluding tert-OH is 1. The van der Waals surface area contributed by atoms with E-state index in [1.54, 1.807) is 4.90 Å². The summed E-state index contributed by atoms with van der Waals surface area (Å²) < 4.78 is 11.1. The molecule has 2 atom stereocenters. The van der Waals surface area contributed by atoms with Gasteiger partial charge in [-0.2, -0.15) is 0 Å². The van der Waals surface area contributed by atoms with Crippen LogP contribution in [0, 0.1) is 29.1 Å². The van der Waals surface area contributed by atoms with E-state index in [4.69, 9.17) is 9.47 Å². The third-order valence-electron chi connectivity index (χ3n) is 7.76. The van der Waals surface area contributed by atoms with Crippen molar-refractivity contribution in [2.75, 3.05) is 31.2 Å². The number of nitrogens with zero attached hydrogens (tertiary/aromatic N) is 2. The number of likely N-dealkylation sites (tertiary alicyclic amines) is 1. The maximum absolute atomic E-state index is 13.0. The van der Waals surface area contributed by atoms with Crippen molar-refractivity contribution in [3.05, 3.63) is 15.8 Å². The second-order valence-corrected chi connectivity index (χ2v) is 13.1. The molecule has 2 aliphatic heterocycles. The van der Waals surface area contributed by atoms with E-state index >= 15 is 0 Å². The van der Waals surface area contributed by atoms with Gasteiger partial charge in [0.1, 0.15) is 17.2 Å². The van der Waals surface area contributed by atoms with E-state index < -0.39 is 12.2 Å². The van der Waals surface area contributed by atoms with Gasteiger partial charge in [-0.05, 0) is 52.0 Å². The molecule has 0 bridgehead atoms. The van der Waals surface area contributed by atoms with Crippen LogP contribution >= 0.6 is 11.3 Å². The van der Waals surface area contributed by atoms with E-state index in [-0.39, 0.29) is 34.4 Å². The molecule has 1 aromatic rings. The van der Waals surface area contributed by atoms with Gasteiger partial charge >= 0.3 is 12.1 Å². The topological polar surface area (TPSA) is 99.5 Å². The van der Waals surface area contributed by atoms with Gasteiger partial charge in [-0.25, -0.2) is 9.59 Å². The van der Waals surface area contributed by atoms with Gasteiger partial charge in [0.2, 0.25) is 0 Å². The quantitative estimate of drug-likeness (QED) is 0.374. The van der Waals surface area contributed by atoms with Crippen LogP contribution in [0.5, 0.6) is 0 Å². The highest BCUT2D eigenvalue weighted by Crippen LogP contribution is 2.39. The van der Waals surface area contributed by atoms with Crippen molar-refractivity contribution in [2.45, 2.75) is 91.0 Å². The smallest absolute Gasteiger partial charge is 0.410 e. The first-order valence-electron chi connectivity index (χ1n) is 13.9. The Morgan fingerprint density at radius 2 is 1.84 bits per heavy atom. The van der Waals surface area contributed by atoms with Crippen LogP contribution in [0.2, 0.25) is 0 Å². The Morgan fingerprint density at radius 1 is 1.16 bits per heavy atom. The number of rotatable bonds is 6. The van der Waals surface area contributed by atoms with Crippen LogP contribution < -0.4 is 4.90 Å². The molecule has 3 aliphatic rings. The van der Waals surface area contributed by atoms with E-state index in [0.29, 0.717) is 62.0 Å². The lowest BCUT2D eigenvalue weighted by atomic mass is 9.81. The van der Waals surface area contributed by atoms with E-state index in [2.05, 4.69) is 18.8 Å². The number of thiophene rings is 1. The summed E-state index contributed by atoms with van der Waals surface area (Å²) in [4.78, 5) is 29.7. The second-order valence-electron chi connectivity index (χ2n) is 12.1. The van der Waals surface area contributed by atoms with Gasteiger partial charge in [0, 0.05) is 37.3 Å². The predicted octanol–water partition coefficient (Wildman–Crippen LogP) is 5.18. The van der Waals surface area contributed by atoms with Crippen LogP contribution in [0.25, 0.3) is 0 Å². The van der Waals surface area contributed by atoms with Crippen LogP contribution in [-0.2, 0) is 9.47 Å². The molecule has 1 saturated carbocycles. The predicted molar refractivity (Wildman–Crippen MR) is 148 cm³/mol. The number of ether oxygens (including phenoxy) is 2. The normalized spacial score (nSPS) is 25.4. The molecule has 1 aliphatic carbocycles. The van der Waals surface area contributed by atoms with E-state index in [1.165, 1.54) is 0 Å². The molecule has 9 heteroatoms. The molecule has 1 unspecified atom stereocenters. The van der Waals surface area contributed by atoms with Crippen molar-refractivity contribution in [3.63, 3.8) is 0 Å². The first-order chi connectivity index (χ1) is 18.0. The molecule has 0 aromatic carbocycles. The zero-order chi connectivity index (χ0) is 27.4. The number of hydrogen-bond donors (Lipinski definition) is 2. The molecule has 1 amide bonds. The van der Waals surface area contributed by atoms with E-state index in [9.17, 15) is 19.8 Å². The molecule has 2 N–H and O–H groups in total. The summed E-state index contributed by atoms with van der Waals surface area (Å²) in [5, 5.41) is 21.9. The van der Waals surface area contributed by atoms with Crippen molar-refractivity contribution in [1.82, 2.24) is 4.90 Å². The lowest BCUT2D eigenvalue weighted by Gasteiger charge is -2.41. The Labute approximate surface area is 230 Å². The minimum atomic E-state index is -1.03. The van der Waals surface area contributed by atoms with Crippen LogP contribution in [0.15, 0.2) is 6.07 Å². The first kappa shape index (κ1) is 28.7. The molecule has 1 aromatic heterocycles. The first-order valence-corrected chi connectivity index (χ1v) is 14.7. The third kappa shape index (κ3) is 7.22. The van der Waals surface area contributed by atoms with Crippen LogP contribution in [-0.4, -0.2) is 71.9 Å². The summed E-state index contributed by atoms with van der Waals surface area (Å²) in [6.07, 6.45) is 4.57. The summed E-state index contributed by atoms with van der Waals surface area (Å²) in [5.41, 5.74) is 0.277. The maximum Gasteiger partial charge on any atom is 0.410 e. The Bertz CT molecular complexity index is 1040. The molecular weight excluding hydrogens is 504 g/mol. The summed E-state index contributed by atoms with van der Waals surface area (Å²) in [6, 6.07) is 1.59. The zero-order valence-electron chi connectivity index (χ0n) is 23.1. The fourth-order valence-corrected chi connectivity index (χ4v) is 6.40. The Morgan fingerprint density at radius 3 is 2.47 bits per heavy atom. The SMILES string of the molecule is CC1CCC(C(O)N(c2cc(C#CC(C)(C)C)sc2C(=O)O)[C@H]2CCN(C(=O)OC3CCOCC3)C2)CC1. The van der Waals surface area contributed by atoms with E-state index in [1.807, 2.05) is 31.7 Å². The number of anilines is 1. The number of amides is 1. The van der Waals surface area contributed by atoms with Gasteiger partial charge in [-0.1, -0.05) is 31.6 Å². The number of carboxylic acid groups (broad SMARTS) is 1. The summed E-state index contributed by atoms with van der Waals surface area (Å²) in [7, 11) is 0. The summed E-state index contributed by atoms with van der Waals surface area (Å²) in [6.45, 7) is 10.3. The highest BCUT2D eigenvalue weighted by atomic mass is 32.1. The molecule has 210 valence electrons. The molecule has 0 radical (unpaired) electrons. The van der Waals surface area contributed by atoms with Gasteiger partial charge in [-0.15, -0.1) is 11.3 Å². The fourth-order valence-electron chi connectivity index (χ4n) is 5.55. The molecule has 3 heterocycles. The van der Waals surface area contributed by atoms with E-state index in [0.717, 1.165) is 37.0 Å². The van der Waals surface area contributed by atoms with Gasteiger partial charge in [0.15, 0.2) is 0 Å². The van der Waals surface area contributed by atoms with Gasteiger partial charge in [0.05, 0.1) is 29.8 Å². The van der Waals surface area contributed by atoms with Gasteiger partial charge < -0.3 is 29.5 Å². The lowest BCUT2D eigenvalue weighted by molar-refractivity contribution is -0.00857. The lowest BCUT2D eigenvalue weighted by Crippen LogP contribution is -2.50. The minimum absolute atomic E-state index is 0.0418. The molecule has 2 saturated heterocycles. The number of carbonyl (C=O) groups is 2. The highest BCUT2D eigenvalue weighted by molar-refractivity contribution is 7.15. The second kappa shape index (κ2) is 12.3. The molecule has 0 spiro atoms. The van der Waals surface area contributed by atoms with Gasteiger partial charge in [-0.3, -0.25) is 0 Å². The Hall–Kier alpha value is -2.28. The minimum Gasteiger partial charge on any atom is -0.477 e. The number of aliphatic hydroxyl groups is 1. The number of carboxylic acids is 1. The zero-order valence-corrected chi connectivity index (χ0v) is 23.9. The largest absolute Gasteiger partial charge is 0.477 e. The number of aromatic carboxylic acids is 1. The highest BCUT2D eigenvalue weighted by Gasteiger charge is 2.40.